The van der Waals surface area contributed by atoms with Gasteiger partial charge in [-0.05, 0) is 12.1 Å². The van der Waals surface area contributed by atoms with Crippen molar-refractivity contribution in [2.24, 2.45) is 0 Å². The Labute approximate surface area is 127 Å². The minimum atomic E-state index is -1.06. The van der Waals surface area contributed by atoms with Crippen molar-refractivity contribution in [3.05, 3.63) is 58.6 Å². The summed E-state index contributed by atoms with van der Waals surface area (Å²) in [6.45, 7) is 0. The molecule has 1 aromatic heterocycles. The summed E-state index contributed by atoms with van der Waals surface area (Å²) in [5.41, 5.74) is 0.308. The molecule has 2 nitrogen and oxygen atoms in total. The highest BCUT2D eigenvalue weighted by Crippen LogP contribution is 2.31. The van der Waals surface area contributed by atoms with E-state index in [4.69, 9.17) is 23.2 Å². The molecule has 3 rings (SSSR count). The quantitative estimate of drug-likeness (QED) is 0.615. The maximum atomic E-state index is 14.0. The Morgan fingerprint density at radius 1 is 1.10 bits per heavy atom. The van der Waals surface area contributed by atoms with Crippen LogP contribution in [0.25, 0.3) is 16.7 Å². The van der Waals surface area contributed by atoms with E-state index in [1.165, 1.54) is 4.57 Å². The van der Waals surface area contributed by atoms with E-state index in [1.54, 1.807) is 18.2 Å². The number of nitrogens with zero attached hydrogens (tertiary/aromatic N) is 2. The van der Waals surface area contributed by atoms with Gasteiger partial charge in [0.15, 0.2) is 11.6 Å². The van der Waals surface area contributed by atoms with Crippen LogP contribution in [0.15, 0.2) is 30.3 Å². The molecule has 0 unspecified atom stereocenters. The van der Waals surface area contributed by atoms with E-state index in [2.05, 4.69) is 4.98 Å². The van der Waals surface area contributed by atoms with Crippen molar-refractivity contribution in [3.8, 4) is 5.69 Å². The third-order valence-electron chi connectivity index (χ3n) is 3.02. The standard InChI is InChI=1S/C14H7Cl2F3N2/c15-6-12-20-11-3-1-2-8(16)13(11)21(12)14-9(18)4-7(17)5-10(14)19/h1-5H,6H2. The van der Waals surface area contributed by atoms with Gasteiger partial charge in [0.2, 0.25) is 0 Å². The number of halogens is 5. The van der Waals surface area contributed by atoms with Gasteiger partial charge in [-0.3, -0.25) is 4.57 Å². The van der Waals surface area contributed by atoms with Crippen molar-refractivity contribution in [3.63, 3.8) is 0 Å². The van der Waals surface area contributed by atoms with Crippen molar-refractivity contribution < 1.29 is 13.2 Å². The van der Waals surface area contributed by atoms with E-state index in [9.17, 15) is 13.2 Å². The van der Waals surface area contributed by atoms with Gasteiger partial charge in [0.1, 0.15) is 17.3 Å². The van der Waals surface area contributed by atoms with Crippen LogP contribution >= 0.6 is 23.2 Å². The summed E-state index contributed by atoms with van der Waals surface area (Å²) >= 11 is 11.9. The van der Waals surface area contributed by atoms with Crippen LogP contribution in [-0.2, 0) is 5.88 Å². The first-order chi connectivity index (χ1) is 10.0. The van der Waals surface area contributed by atoms with E-state index >= 15 is 0 Å². The van der Waals surface area contributed by atoms with E-state index in [0.717, 1.165) is 0 Å². The fourth-order valence-corrected chi connectivity index (χ4v) is 2.65. The Balaban J connectivity index is 2.45. The number of alkyl halides is 1. The average molecular weight is 331 g/mol. The van der Waals surface area contributed by atoms with Crippen molar-refractivity contribution in [1.82, 2.24) is 9.55 Å². The molecular weight excluding hydrogens is 324 g/mol. The maximum absolute atomic E-state index is 14.0. The number of imidazole rings is 1. The molecule has 7 heteroatoms. The highest BCUT2D eigenvalue weighted by Gasteiger charge is 2.21. The highest BCUT2D eigenvalue weighted by atomic mass is 35.5. The Hall–Kier alpha value is -1.72. The molecule has 0 aliphatic heterocycles. The molecule has 3 aromatic rings. The van der Waals surface area contributed by atoms with Crippen LogP contribution in [0.3, 0.4) is 0 Å². The first kappa shape index (κ1) is 14.2. The number of benzene rings is 2. The van der Waals surface area contributed by atoms with Gasteiger partial charge in [-0.15, -0.1) is 11.6 Å². The molecule has 0 bridgehead atoms. The SMILES string of the molecule is Fc1cc(F)c(-n2c(CCl)nc3cccc(Cl)c32)c(F)c1. The second-order valence-electron chi connectivity index (χ2n) is 4.32. The first-order valence-electron chi connectivity index (χ1n) is 5.89. The number of fused-ring (bicyclic) bond motifs is 1. The van der Waals surface area contributed by atoms with Gasteiger partial charge in [-0.2, -0.15) is 0 Å². The second-order valence-corrected chi connectivity index (χ2v) is 5.00. The van der Waals surface area contributed by atoms with Crippen molar-refractivity contribution >= 4 is 34.2 Å². The zero-order valence-electron chi connectivity index (χ0n) is 10.4. The van der Waals surface area contributed by atoms with Gasteiger partial charge in [-0.1, -0.05) is 17.7 Å². The number of hydrogen-bond donors (Lipinski definition) is 0. The lowest BCUT2D eigenvalue weighted by Gasteiger charge is -2.11. The molecule has 0 spiro atoms. The summed E-state index contributed by atoms with van der Waals surface area (Å²) in [4.78, 5) is 4.19. The van der Waals surface area contributed by atoms with Gasteiger partial charge in [0.05, 0.1) is 21.9 Å². The molecule has 2 aromatic carbocycles. The molecule has 0 fully saturated rings. The lowest BCUT2D eigenvalue weighted by Crippen LogP contribution is -2.06. The van der Waals surface area contributed by atoms with Crippen molar-refractivity contribution in [2.75, 3.05) is 0 Å². The molecule has 108 valence electrons. The number of hydrogen-bond acceptors (Lipinski definition) is 1. The van der Waals surface area contributed by atoms with Gasteiger partial charge in [0, 0.05) is 12.1 Å². The molecule has 0 radical (unpaired) electrons. The lowest BCUT2D eigenvalue weighted by atomic mass is 10.2. The lowest BCUT2D eigenvalue weighted by molar-refractivity contribution is 0.534. The summed E-state index contributed by atoms with van der Waals surface area (Å²) in [7, 11) is 0. The van der Waals surface area contributed by atoms with Crippen LogP contribution in [-0.4, -0.2) is 9.55 Å². The zero-order chi connectivity index (χ0) is 15.1. The Kier molecular flexibility index (Phi) is 3.55. The molecular formula is C14H7Cl2F3N2. The Bertz CT molecular complexity index is 823. The monoisotopic (exact) mass is 330 g/mol. The van der Waals surface area contributed by atoms with Gasteiger partial charge < -0.3 is 0 Å². The molecule has 0 aliphatic carbocycles. The van der Waals surface area contributed by atoms with Gasteiger partial charge in [-0.25, -0.2) is 18.2 Å². The summed E-state index contributed by atoms with van der Waals surface area (Å²) in [5, 5.41) is 0.263. The maximum Gasteiger partial charge on any atom is 0.153 e. The topological polar surface area (TPSA) is 17.8 Å². The van der Waals surface area contributed by atoms with E-state index in [1.807, 2.05) is 0 Å². The number of para-hydroxylation sites is 1. The summed E-state index contributed by atoms with van der Waals surface area (Å²) in [5.74, 6) is -2.99. The fourth-order valence-electron chi connectivity index (χ4n) is 2.21. The summed E-state index contributed by atoms with van der Waals surface area (Å²) < 4.78 is 42.3. The predicted molar refractivity (Wildman–Crippen MR) is 75.5 cm³/mol. The highest BCUT2D eigenvalue weighted by molar-refractivity contribution is 6.35. The predicted octanol–water partition coefficient (Wildman–Crippen LogP) is 4.84. The van der Waals surface area contributed by atoms with Crippen LogP contribution in [0.5, 0.6) is 0 Å². The molecule has 0 saturated heterocycles. The van der Waals surface area contributed by atoms with Gasteiger partial charge >= 0.3 is 0 Å². The summed E-state index contributed by atoms with van der Waals surface area (Å²) in [6, 6.07) is 6.07. The number of rotatable bonds is 2. The minimum absolute atomic E-state index is 0.0821. The van der Waals surface area contributed by atoms with Crippen molar-refractivity contribution in [2.45, 2.75) is 5.88 Å². The largest absolute Gasteiger partial charge is 0.288 e. The third-order valence-corrected chi connectivity index (χ3v) is 3.57. The Morgan fingerprint density at radius 3 is 2.38 bits per heavy atom. The van der Waals surface area contributed by atoms with Crippen LogP contribution in [0, 0.1) is 17.5 Å². The third kappa shape index (κ3) is 2.26. The normalized spacial score (nSPS) is 11.3. The zero-order valence-corrected chi connectivity index (χ0v) is 11.9. The van der Waals surface area contributed by atoms with Crippen LogP contribution in [0.1, 0.15) is 5.82 Å². The Morgan fingerprint density at radius 2 is 1.76 bits per heavy atom. The fraction of sp³-hybridized carbons (Fsp3) is 0.0714. The molecule has 21 heavy (non-hydrogen) atoms. The smallest absolute Gasteiger partial charge is 0.153 e. The molecule has 0 amide bonds. The summed E-state index contributed by atoms with van der Waals surface area (Å²) in [6.07, 6.45) is 0. The van der Waals surface area contributed by atoms with Crippen LogP contribution in [0.4, 0.5) is 13.2 Å². The molecule has 0 atom stereocenters. The first-order valence-corrected chi connectivity index (χ1v) is 6.81. The molecule has 0 aliphatic rings. The molecule has 0 saturated carbocycles. The second kappa shape index (κ2) is 5.24. The average Bonchev–Trinajstić information content (AvgIpc) is 2.78. The number of aromatic nitrogens is 2. The molecule has 0 N–H and O–H groups in total. The van der Waals surface area contributed by atoms with E-state index in [-0.39, 0.29) is 16.7 Å². The van der Waals surface area contributed by atoms with E-state index < -0.39 is 23.1 Å². The van der Waals surface area contributed by atoms with Crippen molar-refractivity contribution in [1.29, 1.82) is 0 Å². The van der Waals surface area contributed by atoms with Crippen LogP contribution < -0.4 is 0 Å². The molecule has 1 heterocycles. The van der Waals surface area contributed by atoms with Crippen LogP contribution in [0.2, 0.25) is 5.02 Å². The minimum Gasteiger partial charge on any atom is -0.288 e. The van der Waals surface area contributed by atoms with Gasteiger partial charge in [0.25, 0.3) is 0 Å². The van der Waals surface area contributed by atoms with E-state index in [0.29, 0.717) is 23.2 Å².